The van der Waals surface area contributed by atoms with Crippen molar-refractivity contribution in [1.29, 1.82) is 0 Å². The molecule has 8 nitrogen and oxygen atoms in total. The van der Waals surface area contributed by atoms with E-state index in [1.54, 1.807) is 18.2 Å². The second-order valence-electron chi connectivity index (χ2n) is 7.34. The number of anilines is 2. The number of allylic oxidation sites excluding steroid dienone is 2. The molecule has 1 unspecified atom stereocenters. The summed E-state index contributed by atoms with van der Waals surface area (Å²) in [4.78, 5) is 2.09. The molecule has 0 bridgehead atoms. The quantitative estimate of drug-likeness (QED) is 0.570. The smallest absolute Gasteiger partial charge is 0.232 e. The summed E-state index contributed by atoms with van der Waals surface area (Å²) in [6.07, 6.45) is 11.1. The standard InChI is InChI=1S/C19H29N3O5S2/c1-19(11-15-23)10-4-5-12-21(19)13-7-14-22(29(3,26)27)18-9-6-8-17(16-18)20-28(2,24)25/h4-6,8-10,12,16,20,23H,7,11,13-15H2,1-3H3. The van der Waals surface area contributed by atoms with E-state index in [1.165, 1.54) is 10.4 Å². The van der Waals surface area contributed by atoms with Crippen LogP contribution in [0.25, 0.3) is 0 Å². The molecule has 1 atom stereocenters. The summed E-state index contributed by atoms with van der Waals surface area (Å²) >= 11 is 0. The first-order chi connectivity index (χ1) is 13.4. The molecule has 0 aromatic heterocycles. The lowest BCUT2D eigenvalue weighted by atomic mass is 9.93. The molecule has 162 valence electrons. The minimum absolute atomic E-state index is 0.0563. The molecule has 1 aliphatic heterocycles. The maximum absolute atomic E-state index is 12.4. The van der Waals surface area contributed by atoms with Crippen molar-refractivity contribution in [3.63, 3.8) is 0 Å². The van der Waals surface area contributed by atoms with Crippen molar-refractivity contribution in [3.05, 3.63) is 48.7 Å². The molecule has 1 heterocycles. The molecule has 0 radical (unpaired) electrons. The van der Waals surface area contributed by atoms with Crippen LogP contribution in [0.5, 0.6) is 0 Å². The van der Waals surface area contributed by atoms with Gasteiger partial charge in [0.05, 0.1) is 29.4 Å². The Balaban J connectivity index is 2.14. The van der Waals surface area contributed by atoms with Crippen LogP contribution in [0.4, 0.5) is 11.4 Å². The van der Waals surface area contributed by atoms with Crippen LogP contribution in [0.3, 0.4) is 0 Å². The fraction of sp³-hybridized carbons (Fsp3) is 0.474. The van der Waals surface area contributed by atoms with Gasteiger partial charge in [-0.05, 0) is 50.2 Å². The monoisotopic (exact) mass is 443 g/mol. The van der Waals surface area contributed by atoms with Gasteiger partial charge in [0, 0.05) is 19.7 Å². The highest BCUT2D eigenvalue weighted by Crippen LogP contribution is 2.26. The van der Waals surface area contributed by atoms with Gasteiger partial charge in [-0.15, -0.1) is 0 Å². The maximum Gasteiger partial charge on any atom is 0.232 e. The van der Waals surface area contributed by atoms with Gasteiger partial charge in [-0.25, -0.2) is 16.8 Å². The van der Waals surface area contributed by atoms with Crippen molar-refractivity contribution in [3.8, 4) is 0 Å². The van der Waals surface area contributed by atoms with E-state index in [-0.39, 0.29) is 18.7 Å². The minimum Gasteiger partial charge on any atom is -0.396 e. The number of aliphatic hydroxyl groups is 1. The minimum atomic E-state index is -3.55. The Morgan fingerprint density at radius 2 is 1.90 bits per heavy atom. The number of benzene rings is 1. The van der Waals surface area contributed by atoms with E-state index < -0.39 is 20.0 Å². The lowest BCUT2D eigenvalue weighted by Gasteiger charge is -2.40. The molecule has 0 spiro atoms. The van der Waals surface area contributed by atoms with Crippen LogP contribution < -0.4 is 9.03 Å². The van der Waals surface area contributed by atoms with Crippen LogP contribution >= 0.6 is 0 Å². The van der Waals surface area contributed by atoms with E-state index >= 15 is 0 Å². The molecule has 1 aromatic carbocycles. The second-order valence-corrected chi connectivity index (χ2v) is 11.0. The summed E-state index contributed by atoms with van der Waals surface area (Å²) in [6.45, 7) is 2.92. The average molecular weight is 444 g/mol. The molecule has 0 fully saturated rings. The average Bonchev–Trinajstić information content (AvgIpc) is 2.58. The fourth-order valence-electron chi connectivity index (χ4n) is 3.28. The lowest BCUT2D eigenvalue weighted by molar-refractivity contribution is 0.157. The van der Waals surface area contributed by atoms with Crippen molar-refractivity contribution < 1.29 is 21.9 Å². The van der Waals surface area contributed by atoms with E-state index in [2.05, 4.69) is 9.62 Å². The van der Waals surface area contributed by atoms with Gasteiger partial charge in [-0.2, -0.15) is 0 Å². The summed E-state index contributed by atoms with van der Waals surface area (Å²) < 4.78 is 51.3. The van der Waals surface area contributed by atoms with Crippen LogP contribution in [0.2, 0.25) is 0 Å². The maximum atomic E-state index is 12.4. The van der Waals surface area contributed by atoms with Gasteiger partial charge in [0.1, 0.15) is 0 Å². The van der Waals surface area contributed by atoms with E-state index in [9.17, 15) is 21.9 Å². The Bertz CT molecular complexity index is 973. The van der Waals surface area contributed by atoms with Crippen LogP contribution in [0.15, 0.2) is 48.7 Å². The highest BCUT2D eigenvalue weighted by Gasteiger charge is 2.28. The molecule has 29 heavy (non-hydrogen) atoms. The van der Waals surface area contributed by atoms with Crippen molar-refractivity contribution in [2.45, 2.75) is 25.3 Å². The van der Waals surface area contributed by atoms with E-state index in [1.807, 2.05) is 31.4 Å². The molecule has 2 N–H and O–H groups in total. The van der Waals surface area contributed by atoms with Crippen molar-refractivity contribution in [2.75, 3.05) is 41.2 Å². The molecule has 0 aliphatic carbocycles. The Labute approximate surface area is 173 Å². The van der Waals surface area contributed by atoms with Gasteiger partial charge < -0.3 is 10.0 Å². The predicted octanol–water partition coefficient (Wildman–Crippen LogP) is 1.74. The van der Waals surface area contributed by atoms with Crippen molar-refractivity contribution >= 4 is 31.4 Å². The van der Waals surface area contributed by atoms with E-state index in [0.29, 0.717) is 30.8 Å². The predicted molar refractivity (Wildman–Crippen MR) is 117 cm³/mol. The van der Waals surface area contributed by atoms with E-state index in [0.717, 1.165) is 12.5 Å². The summed E-state index contributed by atoms with van der Waals surface area (Å²) in [7, 11) is -7.02. The second kappa shape index (κ2) is 9.19. The number of sulfonamides is 2. The molecule has 2 rings (SSSR count). The molecule has 1 aliphatic rings. The summed E-state index contributed by atoms with van der Waals surface area (Å²) in [5, 5.41) is 9.36. The van der Waals surface area contributed by atoms with Crippen LogP contribution in [-0.2, 0) is 20.0 Å². The third kappa shape index (κ3) is 6.76. The number of aliphatic hydroxyl groups excluding tert-OH is 1. The van der Waals surface area contributed by atoms with Crippen LogP contribution in [0, 0.1) is 0 Å². The van der Waals surface area contributed by atoms with Crippen molar-refractivity contribution in [1.82, 2.24) is 4.90 Å². The lowest BCUT2D eigenvalue weighted by Crippen LogP contribution is -2.44. The highest BCUT2D eigenvalue weighted by molar-refractivity contribution is 7.92. The molecule has 1 aromatic rings. The highest BCUT2D eigenvalue weighted by atomic mass is 32.2. The van der Waals surface area contributed by atoms with E-state index in [4.69, 9.17) is 0 Å². The number of hydrogen-bond donors (Lipinski definition) is 2. The molecular weight excluding hydrogens is 414 g/mol. The van der Waals surface area contributed by atoms with Crippen LogP contribution in [-0.4, -0.2) is 64.6 Å². The molecule has 0 saturated carbocycles. The Kier molecular flexibility index (Phi) is 7.36. The van der Waals surface area contributed by atoms with Gasteiger partial charge in [0.2, 0.25) is 20.0 Å². The first-order valence-corrected chi connectivity index (χ1v) is 13.0. The van der Waals surface area contributed by atoms with Gasteiger partial charge in [-0.3, -0.25) is 9.03 Å². The first kappa shape index (κ1) is 23.2. The SMILES string of the molecule is CC1(CCO)C=CC=CN1CCCN(c1cccc(NS(C)(=O)=O)c1)S(C)(=O)=O. The Morgan fingerprint density at radius 3 is 2.52 bits per heavy atom. The summed E-state index contributed by atoms with van der Waals surface area (Å²) in [5.74, 6) is 0. The molecule has 0 saturated heterocycles. The third-order valence-electron chi connectivity index (χ3n) is 4.70. The topological polar surface area (TPSA) is 107 Å². The van der Waals surface area contributed by atoms with Crippen LogP contribution in [0.1, 0.15) is 19.8 Å². The summed E-state index contributed by atoms with van der Waals surface area (Å²) in [5.41, 5.74) is 0.380. The molecule has 10 heteroatoms. The number of nitrogens with zero attached hydrogens (tertiary/aromatic N) is 2. The third-order valence-corrected chi connectivity index (χ3v) is 6.50. The fourth-order valence-corrected chi connectivity index (χ4v) is 4.79. The van der Waals surface area contributed by atoms with Crippen molar-refractivity contribution in [2.24, 2.45) is 0 Å². The number of rotatable bonds is 10. The Morgan fingerprint density at radius 1 is 1.17 bits per heavy atom. The van der Waals surface area contributed by atoms with Gasteiger partial charge in [0.25, 0.3) is 0 Å². The van der Waals surface area contributed by atoms with Gasteiger partial charge in [0.15, 0.2) is 0 Å². The molecule has 0 amide bonds. The number of hydrogen-bond acceptors (Lipinski definition) is 6. The number of nitrogens with one attached hydrogen (secondary N) is 1. The zero-order valence-electron chi connectivity index (χ0n) is 16.9. The van der Waals surface area contributed by atoms with Gasteiger partial charge >= 0.3 is 0 Å². The first-order valence-electron chi connectivity index (χ1n) is 9.24. The van der Waals surface area contributed by atoms with Gasteiger partial charge in [-0.1, -0.05) is 18.2 Å². The normalized spacial score (nSPS) is 19.4. The zero-order valence-corrected chi connectivity index (χ0v) is 18.6. The largest absolute Gasteiger partial charge is 0.396 e. The Hall–Kier alpha value is -2.04. The zero-order chi connectivity index (χ0) is 21.7. The summed E-state index contributed by atoms with van der Waals surface area (Å²) in [6, 6.07) is 6.31. The molecular formula is C19H29N3O5S2.